The molecule has 1 atom stereocenters. The summed E-state index contributed by atoms with van der Waals surface area (Å²) >= 11 is 6.03. The second-order valence-electron chi connectivity index (χ2n) is 5.00. The van der Waals surface area contributed by atoms with E-state index in [1.807, 2.05) is 18.2 Å². The molecular weight excluding hydrogens is 292 g/mol. The Labute approximate surface area is 128 Å². The van der Waals surface area contributed by atoms with Crippen LogP contribution < -0.4 is 5.32 Å². The molecular formula is C17H18ClF2N. The summed E-state index contributed by atoms with van der Waals surface area (Å²) in [4.78, 5) is 0. The van der Waals surface area contributed by atoms with Crippen molar-refractivity contribution in [3.8, 4) is 0 Å². The quantitative estimate of drug-likeness (QED) is 0.800. The van der Waals surface area contributed by atoms with Gasteiger partial charge in [0.25, 0.3) is 0 Å². The Balaban J connectivity index is 2.23. The molecule has 0 saturated carbocycles. The predicted molar refractivity (Wildman–Crippen MR) is 82.5 cm³/mol. The maximum atomic E-state index is 13.8. The molecule has 112 valence electrons. The zero-order chi connectivity index (χ0) is 15.2. The highest BCUT2D eigenvalue weighted by molar-refractivity contribution is 6.30. The van der Waals surface area contributed by atoms with Crippen LogP contribution in [0, 0.1) is 11.6 Å². The van der Waals surface area contributed by atoms with E-state index in [9.17, 15) is 8.78 Å². The van der Waals surface area contributed by atoms with Crippen molar-refractivity contribution in [3.63, 3.8) is 0 Å². The molecule has 0 spiro atoms. The summed E-state index contributed by atoms with van der Waals surface area (Å²) in [5.74, 6) is -1.07. The molecule has 0 aliphatic heterocycles. The number of halogens is 3. The van der Waals surface area contributed by atoms with Crippen LogP contribution in [0.5, 0.6) is 0 Å². The fourth-order valence-electron chi connectivity index (χ4n) is 2.26. The standard InChI is InChI=1S/C17H18ClF2N/c1-2-8-21-17(13-4-3-5-14(18)9-13)10-12-6-7-15(19)11-16(12)20/h3-7,9,11,17,21H,2,8,10H2,1H3. The van der Waals surface area contributed by atoms with Gasteiger partial charge in [0.15, 0.2) is 0 Å². The average molecular weight is 310 g/mol. The van der Waals surface area contributed by atoms with E-state index in [1.165, 1.54) is 12.1 Å². The summed E-state index contributed by atoms with van der Waals surface area (Å²) in [6.45, 7) is 2.89. The van der Waals surface area contributed by atoms with Crippen LogP contribution in [-0.2, 0) is 6.42 Å². The summed E-state index contributed by atoms with van der Waals surface area (Å²) in [5, 5.41) is 4.03. The third-order valence-electron chi connectivity index (χ3n) is 3.33. The number of hydrogen-bond donors (Lipinski definition) is 1. The predicted octanol–water partition coefficient (Wildman–Crippen LogP) is 4.90. The van der Waals surface area contributed by atoms with Crippen molar-refractivity contribution in [2.24, 2.45) is 0 Å². The Bertz CT molecular complexity index is 601. The second-order valence-corrected chi connectivity index (χ2v) is 5.44. The number of benzene rings is 2. The number of rotatable bonds is 6. The van der Waals surface area contributed by atoms with Gasteiger partial charge in [-0.1, -0.05) is 36.7 Å². The summed E-state index contributed by atoms with van der Waals surface area (Å²) < 4.78 is 26.8. The maximum Gasteiger partial charge on any atom is 0.129 e. The molecule has 0 aliphatic carbocycles. The molecule has 1 N–H and O–H groups in total. The van der Waals surface area contributed by atoms with Crippen molar-refractivity contribution < 1.29 is 8.78 Å². The molecule has 2 rings (SSSR count). The third kappa shape index (κ3) is 4.51. The number of nitrogens with one attached hydrogen (secondary N) is 1. The molecule has 0 amide bonds. The summed E-state index contributed by atoms with van der Waals surface area (Å²) in [6, 6.07) is 11.2. The first-order valence-electron chi connectivity index (χ1n) is 7.03. The van der Waals surface area contributed by atoms with Gasteiger partial charge in [-0.25, -0.2) is 8.78 Å². The molecule has 21 heavy (non-hydrogen) atoms. The second kappa shape index (κ2) is 7.53. The van der Waals surface area contributed by atoms with E-state index in [-0.39, 0.29) is 6.04 Å². The first kappa shape index (κ1) is 15.9. The van der Waals surface area contributed by atoms with Crippen molar-refractivity contribution in [2.75, 3.05) is 6.54 Å². The summed E-state index contributed by atoms with van der Waals surface area (Å²) in [7, 11) is 0. The molecule has 0 aliphatic rings. The summed E-state index contributed by atoms with van der Waals surface area (Å²) in [6.07, 6.45) is 1.43. The summed E-state index contributed by atoms with van der Waals surface area (Å²) in [5.41, 5.74) is 1.49. The highest BCUT2D eigenvalue weighted by Gasteiger charge is 2.14. The van der Waals surface area contributed by atoms with E-state index in [1.54, 1.807) is 6.07 Å². The van der Waals surface area contributed by atoms with Gasteiger partial charge < -0.3 is 5.32 Å². The monoisotopic (exact) mass is 309 g/mol. The van der Waals surface area contributed by atoms with Crippen LogP contribution in [-0.4, -0.2) is 6.54 Å². The van der Waals surface area contributed by atoms with Crippen LogP contribution >= 0.6 is 11.6 Å². The molecule has 2 aromatic carbocycles. The van der Waals surface area contributed by atoms with E-state index >= 15 is 0 Å². The number of hydrogen-bond acceptors (Lipinski definition) is 1. The van der Waals surface area contributed by atoms with Crippen molar-refractivity contribution in [2.45, 2.75) is 25.8 Å². The van der Waals surface area contributed by atoms with Crippen molar-refractivity contribution in [3.05, 3.63) is 70.2 Å². The van der Waals surface area contributed by atoms with Crippen molar-refractivity contribution in [1.82, 2.24) is 5.32 Å². The minimum atomic E-state index is -0.558. The van der Waals surface area contributed by atoms with Gasteiger partial charge in [0, 0.05) is 17.1 Å². The fraction of sp³-hybridized carbons (Fsp3) is 0.294. The van der Waals surface area contributed by atoms with E-state index in [2.05, 4.69) is 12.2 Å². The Morgan fingerprint density at radius 3 is 2.62 bits per heavy atom. The van der Waals surface area contributed by atoms with Crippen LogP contribution in [0.4, 0.5) is 8.78 Å². The minimum Gasteiger partial charge on any atom is -0.310 e. The lowest BCUT2D eigenvalue weighted by atomic mass is 9.98. The first-order chi connectivity index (χ1) is 10.1. The molecule has 2 aromatic rings. The van der Waals surface area contributed by atoms with Gasteiger partial charge in [-0.3, -0.25) is 0 Å². The molecule has 0 saturated heterocycles. The SMILES string of the molecule is CCCNC(Cc1ccc(F)cc1F)c1cccc(Cl)c1. The molecule has 0 radical (unpaired) electrons. The Hall–Kier alpha value is -1.45. The smallest absolute Gasteiger partial charge is 0.129 e. The Morgan fingerprint density at radius 2 is 1.95 bits per heavy atom. The lowest BCUT2D eigenvalue weighted by molar-refractivity contribution is 0.508. The van der Waals surface area contributed by atoms with Crippen LogP contribution in [0.1, 0.15) is 30.5 Å². The van der Waals surface area contributed by atoms with Gasteiger partial charge in [-0.05, 0) is 48.7 Å². The Kier molecular flexibility index (Phi) is 5.71. The third-order valence-corrected chi connectivity index (χ3v) is 3.57. The molecule has 1 unspecified atom stereocenters. The van der Waals surface area contributed by atoms with Gasteiger partial charge in [-0.15, -0.1) is 0 Å². The zero-order valence-electron chi connectivity index (χ0n) is 11.9. The Morgan fingerprint density at radius 1 is 1.14 bits per heavy atom. The molecule has 1 nitrogen and oxygen atoms in total. The van der Waals surface area contributed by atoms with E-state index in [0.717, 1.165) is 24.6 Å². The van der Waals surface area contributed by atoms with E-state index in [4.69, 9.17) is 11.6 Å². The van der Waals surface area contributed by atoms with E-state index < -0.39 is 11.6 Å². The fourth-order valence-corrected chi connectivity index (χ4v) is 2.46. The van der Waals surface area contributed by atoms with Crippen molar-refractivity contribution in [1.29, 1.82) is 0 Å². The molecule has 4 heteroatoms. The van der Waals surface area contributed by atoms with Gasteiger partial charge >= 0.3 is 0 Å². The van der Waals surface area contributed by atoms with Crippen molar-refractivity contribution >= 4 is 11.6 Å². The zero-order valence-corrected chi connectivity index (χ0v) is 12.6. The van der Waals surface area contributed by atoms with Gasteiger partial charge in [-0.2, -0.15) is 0 Å². The first-order valence-corrected chi connectivity index (χ1v) is 7.40. The van der Waals surface area contributed by atoms with Crippen LogP contribution in [0.15, 0.2) is 42.5 Å². The molecule has 0 fully saturated rings. The van der Waals surface area contributed by atoms with Crippen LogP contribution in [0.2, 0.25) is 5.02 Å². The van der Waals surface area contributed by atoms with Gasteiger partial charge in [0.2, 0.25) is 0 Å². The van der Waals surface area contributed by atoms with Gasteiger partial charge in [0.1, 0.15) is 11.6 Å². The normalized spacial score (nSPS) is 12.4. The maximum absolute atomic E-state index is 13.8. The van der Waals surface area contributed by atoms with Crippen LogP contribution in [0.3, 0.4) is 0 Å². The average Bonchev–Trinajstić information content (AvgIpc) is 2.45. The molecule has 0 heterocycles. The van der Waals surface area contributed by atoms with E-state index in [0.29, 0.717) is 17.0 Å². The van der Waals surface area contributed by atoms with Crippen LogP contribution in [0.25, 0.3) is 0 Å². The lowest BCUT2D eigenvalue weighted by Gasteiger charge is -2.20. The highest BCUT2D eigenvalue weighted by Crippen LogP contribution is 2.23. The minimum absolute atomic E-state index is 0.0522. The topological polar surface area (TPSA) is 12.0 Å². The van der Waals surface area contributed by atoms with Gasteiger partial charge in [0.05, 0.1) is 0 Å². The highest BCUT2D eigenvalue weighted by atomic mass is 35.5. The molecule has 0 aromatic heterocycles. The lowest BCUT2D eigenvalue weighted by Crippen LogP contribution is -2.24. The molecule has 0 bridgehead atoms. The largest absolute Gasteiger partial charge is 0.310 e.